The third-order valence-corrected chi connectivity index (χ3v) is 5.58. The average Bonchev–Trinajstić information content (AvgIpc) is 2.65. The minimum absolute atomic E-state index is 0.00235. The molecule has 4 heteroatoms. The highest BCUT2D eigenvalue weighted by atomic mass is 17.2. The summed E-state index contributed by atoms with van der Waals surface area (Å²) in [4.78, 5) is 22.5. The maximum atomic E-state index is 11.1. The molecule has 0 aromatic carbocycles. The molecule has 0 amide bonds. The predicted octanol–water partition coefficient (Wildman–Crippen LogP) is 6.08. The Balaban J connectivity index is 2.94. The second-order valence-corrected chi connectivity index (χ2v) is 7.47. The highest BCUT2D eigenvalue weighted by molar-refractivity contribution is 5.67. The molecule has 4 atom stereocenters. The number of rotatable bonds is 11. The van der Waals surface area contributed by atoms with Crippen LogP contribution in [0.25, 0.3) is 0 Å². The number of aliphatic carboxylic acids is 1. The van der Waals surface area contributed by atoms with Crippen molar-refractivity contribution in [3.8, 4) is 0 Å². The monoisotopic (exact) mass is 366 g/mol. The molecular formula is C22H38O4. The second kappa shape index (κ2) is 11.6. The standard InChI is InChI=1S/C22H38O4/c1-6-11-12-17(7-2)13-18(8-3)15-22(10-5)16-19(9-4)20(25-26-22)14-21(23)24/h11-12,15,17,19-20H,6-10,13-14,16H2,1-5H3,(H,23,24)/b12-11+,18-15+/t17?,19-,20+,22-/m1/s1. The van der Waals surface area contributed by atoms with Gasteiger partial charge in [0.25, 0.3) is 0 Å². The quantitative estimate of drug-likeness (QED) is 0.356. The van der Waals surface area contributed by atoms with Crippen LogP contribution in [0.15, 0.2) is 23.8 Å². The van der Waals surface area contributed by atoms with Gasteiger partial charge in [0.2, 0.25) is 0 Å². The van der Waals surface area contributed by atoms with Crippen molar-refractivity contribution in [2.24, 2.45) is 11.8 Å². The van der Waals surface area contributed by atoms with Crippen LogP contribution in [0.4, 0.5) is 0 Å². The Hall–Kier alpha value is -1.13. The number of hydrogen-bond donors (Lipinski definition) is 1. The van der Waals surface area contributed by atoms with Crippen LogP contribution in [0.1, 0.15) is 86.0 Å². The summed E-state index contributed by atoms with van der Waals surface area (Å²) in [6.07, 6.45) is 13.3. The molecule has 1 saturated heterocycles. The molecule has 150 valence electrons. The largest absolute Gasteiger partial charge is 0.481 e. The van der Waals surface area contributed by atoms with E-state index in [1.54, 1.807) is 0 Å². The summed E-state index contributed by atoms with van der Waals surface area (Å²) < 4.78 is 0. The molecule has 1 aliphatic rings. The van der Waals surface area contributed by atoms with Crippen LogP contribution in [0, 0.1) is 11.8 Å². The first-order chi connectivity index (χ1) is 12.4. The van der Waals surface area contributed by atoms with Crippen molar-refractivity contribution in [3.63, 3.8) is 0 Å². The molecule has 0 bridgehead atoms. The van der Waals surface area contributed by atoms with Crippen molar-refractivity contribution in [1.29, 1.82) is 0 Å². The van der Waals surface area contributed by atoms with Gasteiger partial charge in [-0.1, -0.05) is 64.8 Å². The molecule has 1 aliphatic heterocycles. The van der Waals surface area contributed by atoms with Crippen molar-refractivity contribution >= 4 is 5.97 Å². The molecule has 1 N–H and O–H groups in total. The summed E-state index contributed by atoms with van der Waals surface area (Å²) in [6.45, 7) is 10.8. The molecule has 1 unspecified atom stereocenters. The highest BCUT2D eigenvalue weighted by Crippen LogP contribution is 2.39. The Morgan fingerprint density at radius 2 is 2.00 bits per heavy atom. The number of hydrogen-bond acceptors (Lipinski definition) is 3. The molecule has 1 fully saturated rings. The van der Waals surface area contributed by atoms with E-state index in [1.165, 1.54) is 5.57 Å². The topological polar surface area (TPSA) is 55.8 Å². The summed E-state index contributed by atoms with van der Waals surface area (Å²) in [5.41, 5.74) is 0.961. The minimum Gasteiger partial charge on any atom is -0.481 e. The lowest BCUT2D eigenvalue weighted by atomic mass is 9.80. The van der Waals surface area contributed by atoms with Crippen LogP contribution >= 0.6 is 0 Å². The molecule has 26 heavy (non-hydrogen) atoms. The lowest BCUT2D eigenvalue weighted by Crippen LogP contribution is -2.44. The third kappa shape index (κ3) is 6.88. The van der Waals surface area contributed by atoms with Gasteiger partial charge in [-0.25, -0.2) is 9.78 Å². The van der Waals surface area contributed by atoms with E-state index in [9.17, 15) is 4.79 Å². The zero-order chi connectivity index (χ0) is 19.6. The molecule has 1 heterocycles. The van der Waals surface area contributed by atoms with E-state index >= 15 is 0 Å². The lowest BCUT2D eigenvalue weighted by Gasteiger charge is -2.41. The number of carboxylic acid groups (broad SMARTS) is 1. The van der Waals surface area contributed by atoms with Crippen molar-refractivity contribution in [2.45, 2.75) is 97.7 Å². The number of allylic oxidation sites excluding steroid dienone is 3. The summed E-state index contributed by atoms with van der Waals surface area (Å²) in [5, 5.41) is 9.09. The van der Waals surface area contributed by atoms with Crippen LogP contribution < -0.4 is 0 Å². The zero-order valence-corrected chi connectivity index (χ0v) is 17.3. The fraction of sp³-hybridized carbons (Fsp3) is 0.773. The molecular weight excluding hydrogens is 328 g/mol. The van der Waals surface area contributed by atoms with Crippen LogP contribution in [-0.4, -0.2) is 22.8 Å². The Morgan fingerprint density at radius 3 is 2.50 bits per heavy atom. The average molecular weight is 367 g/mol. The second-order valence-electron chi connectivity index (χ2n) is 7.47. The van der Waals surface area contributed by atoms with Gasteiger partial charge in [0.1, 0.15) is 11.7 Å². The molecule has 0 aromatic rings. The van der Waals surface area contributed by atoms with Gasteiger partial charge >= 0.3 is 5.97 Å². The SMILES string of the molecule is CC/C=C/C(CC)C/C(=C/[C@]1(CC)C[C@@H](CC)[C@H](CC(=O)O)OO1)CC. The normalized spacial score (nSPS) is 28.4. The number of carboxylic acids is 1. The van der Waals surface area contributed by atoms with Crippen LogP contribution in [0.2, 0.25) is 0 Å². The number of carbonyl (C=O) groups is 1. The summed E-state index contributed by atoms with van der Waals surface area (Å²) in [5.74, 6) is -0.0725. The highest BCUT2D eigenvalue weighted by Gasteiger charge is 2.41. The fourth-order valence-corrected chi connectivity index (χ4v) is 3.70. The molecule has 0 saturated carbocycles. The molecule has 0 aromatic heterocycles. The fourth-order valence-electron chi connectivity index (χ4n) is 3.70. The molecule has 0 spiro atoms. The van der Waals surface area contributed by atoms with E-state index in [0.29, 0.717) is 5.92 Å². The van der Waals surface area contributed by atoms with Gasteiger partial charge < -0.3 is 5.11 Å². The Morgan fingerprint density at radius 1 is 1.27 bits per heavy atom. The summed E-state index contributed by atoms with van der Waals surface area (Å²) in [7, 11) is 0. The molecule has 1 rings (SSSR count). The Kier molecular flexibility index (Phi) is 10.2. The maximum absolute atomic E-state index is 11.1. The van der Waals surface area contributed by atoms with Crippen molar-refractivity contribution in [3.05, 3.63) is 23.8 Å². The van der Waals surface area contributed by atoms with Crippen LogP contribution in [0.5, 0.6) is 0 Å². The first kappa shape index (κ1) is 22.9. The Bertz CT molecular complexity index is 483. The van der Waals surface area contributed by atoms with Crippen LogP contribution in [0.3, 0.4) is 0 Å². The maximum Gasteiger partial charge on any atom is 0.306 e. The van der Waals surface area contributed by atoms with E-state index in [4.69, 9.17) is 14.9 Å². The lowest BCUT2D eigenvalue weighted by molar-refractivity contribution is -0.409. The van der Waals surface area contributed by atoms with Gasteiger partial charge in [-0.05, 0) is 50.4 Å². The first-order valence-corrected chi connectivity index (χ1v) is 10.4. The first-order valence-electron chi connectivity index (χ1n) is 10.4. The van der Waals surface area contributed by atoms with Crippen molar-refractivity contribution < 1.29 is 19.7 Å². The molecule has 4 nitrogen and oxygen atoms in total. The van der Waals surface area contributed by atoms with Crippen molar-refractivity contribution in [2.75, 3.05) is 0 Å². The third-order valence-electron chi connectivity index (χ3n) is 5.58. The van der Waals surface area contributed by atoms with Gasteiger partial charge in [-0.15, -0.1) is 0 Å². The van der Waals surface area contributed by atoms with E-state index in [0.717, 1.165) is 44.9 Å². The van der Waals surface area contributed by atoms with E-state index in [2.05, 4.69) is 52.8 Å². The summed E-state index contributed by atoms with van der Waals surface area (Å²) >= 11 is 0. The van der Waals surface area contributed by atoms with Gasteiger partial charge in [0.05, 0.1) is 6.42 Å². The van der Waals surface area contributed by atoms with Crippen molar-refractivity contribution in [1.82, 2.24) is 0 Å². The van der Waals surface area contributed by atoms with Gasteiger partial charge in [-0.2, -0.15) is 0 Å². The predicted molar refractivity (Wildman–Crippen MR) is 106 cm³/mol. The smallest absolute Gasteiger partial charge is 0.306 e. The molecule has 0 radical (unpaired) electrons. The minimum atomic E-state index is -0.834. The van der Waals surface area contributed by atoms with E-state index in [-0.39, 0.29) is 18.4 Å². The van der Waals surface area contributed by atoms with E-state index in [1.807, 2.05) is 0 Å². The Labute approximate surface area is 159 Å². The van der Waals surface area contributed by atoms with Gasteiger partial charge in [0, 0.05) is 0 Å². The summed E-state index contributed by atoms with van der Waals surface area (Å²) in [6, 6.07) is 0. The zero-order valence-electron chi connectivity index (χ0n) is 17.3. The van der Waals surface area contributed by atoms with Gasteiger partial charge in [-0.3, -0.25) is 4.79 Å². The van der Waals surface area contributed by atoms with Crippen LogP contribution in [-0.2, 0) is 14.6 Å². The van der Waals surface area contributed by atoms with Gasteiger partial charge in [0.15, 0.2) is 0 Å². The molecule has 0 aliphatic carbocycles. The van der Waals surface area contributed by atoms with E-state index < -0.39 is 11.6 Å².